The maximum absolute atomic E-state index is 13.2. The minimum absolute atomic E-state index is 0.00100. The molecule has 94 valence electrons. The Morgan fingerprint density at radius 3 is 3.12 bits per heavy atom. The van der Waals surface area contributed by atoms with Crippen LogP contribution in [0.2, 0.25) is 0 Å². The lowest BCUT2D eigenvalue weighted by Gasteiger charge is -2.34. The molecule has 1 atom stereocenters. The molecule has 5 heteroatoms. The van der Waals surface area contributed by atoms with Crippen molar-refractivity contribution >= 4 is 15.9 Å². The molecule has 1 saturated heterocycles. The predicted octanol–water partition coefficient (Wildman–Crippen LogP) is 1.78. The molecule has 1 aromatic carbocycles. The molecular weight excluding hydrogens is 289 g/mol. The van der Waals surface area contributed by atoms with Crippen LogP contribution >= 0.6 is 15.9 Å². The number of morpholine rings is 1. The number of nitrogens with zero attached hydrogens (tertiary/aromatic N) is 1. The van der Waals surface area contributed by atoms with E-state index in [-0.39, 0.29) is 18.5 Å². The van der Waals surface area contributed by atoms with Crippen LogP contribution in [-0.4, -0.2) is 42.4 Å². The summed E-state index contributed by atoms with van der Waals surface area (Å²) in [5.74, 6) is -0.239. The third-order valence-electron chi connectivity index (χ3n) is 2.94. The van der Waals surface area contributed by atoms with Crippen molar-refractivity contribution in [3.63, 3.8) is 0 Å². The summed E-state index contributed by atoms with van der Waals surface area (Å²) < 4.78 is 19.4. The van der Waals surface area contributed by atoms with Gasteiger partial charge in [0, 0.05) is 17.6 Å². The van der Waals surface area contributed by atoms with E-state index >= 15 is 0 Å². The Morgan fingerprint density at radius 2 is 2.35 bits per heavy atom. The van der Waals surface area contributed by atoms with Crippen molar-refractivity contribution in [1.29, 1.82) is 0 Å². The minimum atomic E-state index is -0.239. The zero-order valence-electron chi connectivity index (χ0n) is 9.40. The van der Waals surface area contributed by atoms with E-state index in [4.69, 9.17) is 4.74 Å². The first-order chi connectivity index (χ1) is 8.20. The molecule has 2 rings (SSSR count). The molecule has 1 aromatic rings. The molecule has 0 spiro atoms. The Balaban J connectivity index is 2.10. The Bertz CT molecular complexity index is 389. The topological polar surface area (TPSA) is 32.7 Å². The second-order valence-corrected chi connectivity index (χ2v) is 4.97. The predicted molar refractivity (Wildman–Crippen MR) is 66.2 cm³/mol. The number of halogens is 2. The minimum Gasteiger partial charge on any atom is -0.395 e. The Labute approximate surface area is 108 Å². The number of hydrogen-bond donors (Lipinski definition) is 1. The third kappa shape index (κ3) is 3.25. The molecule has 0 aromatic heterocycles. The van der Waals surface area contributed by atoms with Crippen LogP contribution in [0, 0.1) is 5.82 Å². The highest BCUT2D eigenvalue weighted by atomic mass is 79.9. The van der Waals surface area contributed by atoms with Gasteiger partial charge < -0.3 is 9.84 Å². The van der Waals surface area contributed by atoms with Crippen LogP contribution in [-0.2, 0) is 11.3 Å². The fourth-order valence-electron chi connectivity index (χ4n) is 1.95. The van der Waals surface area contributed by atoms with Crippen LogP contribution in [0.15, 0.2) is 22.7 Å². The molecule has 3 nitrogen and oxygen atoms in total. The van der Waals surface area contributed by atoms with Crippen LogP contribution < -0.4 is 0 Å². The Kier molecular flexibility index (Phi) is 4.50. The van der Waals surface area contributed by atoms with E-state index in [1.165, 1.54) is 12.1 Å². The molecule has 1 fully saturated rings. The molecule has 1 aliphatic rings. The van der Waals surface area contributed by atoms with Crippen LogP contribution in [0.25, 0.3) is 0 Å². The molecule has 0 aliphatic carbocycles. The highest BCUT2D eigenvalue weighted by Gasteiger charge is 2.22. The van der Waals surface area contributed by atoms with Gasteiger partial charge in [-0.3, -0.25) is 4.90 Å². The second kappa shape index (κ2) is 5.91. The lowest BCUT2D eigenvalue weighted by atomic mass is 10.1. The molecule has 0 amide bonds. The number of aliphatic hydroxyl groups excluding tert-OH is 1. The van der Waals surface area contributed by atoms with E-state index in [1.807, 2.05) is 0 Å². The summed E-state index contributed by atoms with van der Waals surface area (Å²) in [5, 5.41) is 9.26. The molecule has 0 saturated carbocycles. The van der Waals surface area contributed by atoms with Gasteiger partial charge in [0.15, 0.2) is 0 Å². The van der Waals surface area contributed by atoms with Crippen molar-refractivity contribution in [2.75, 3.05) is 26.4 Å². The van der Waals surface area contributed by atoms with E-state index in [0.717, 1.165) is 16.6 Å². The Hall–Kier alpha value is -0.490. The van der Waals surface area contributed by atoms with Crippen molar-refractivity contribution in [2.45, 2.75) is 12.6 Å². The first kappa shape index (κ1) is 13.0. The Morgan fingerprint density at radius 1 is 1.53 bits per heavy atom. The molecular formula is C12H15BrFNO2. The lowest BCUT2D eigenvalue weighted by molar-refractivity contribution is -0.0313. The number of hydrogen-bond acceptors (Lipinski definition) is 3. The third-order valence-corrected chi connectivity index (χ3v) is 3.72. The molecule has 1 N–H and O–H groups in total. The fourth-order valence-corrected chi connectivity index (χ4v) is 2.32. The molecule has 0 radical (unpaired) electrons. The van der Waals surface area contributed by atoms with Gasteiger partial charge in [-0.1, -0.05) is 15.9 Å². The molecule has 1 heterocycles. The second-order valence-electron chi connectivity index (χ2n) is 4.12. The van der Waals surface area contributed by atoms with E-state index in [2.05, 4.69) is 20.8 Å². The van der Waals surface area contributed by atoms with E-state index in [9.17, 15) is 9.50 Å². The zero-order chi connectivity index (χ0) is 12.3. The van der Waals surface area contributed by atoms with Crippen LogP contribution in [0.5, 0.6) is 0 Å². The molecule has 17 heavy (non-hydrogen) atoms. The van der Waals surface area contributed by atoms with Gasteiger partial charge in [0.1, 0.15) is 5.82 Å². The quantitative estimate of drug-likeness (QED) is 0.924. The fraction of sp³-hybridized carbons (Fsp3) is 0.500. The highest BCUT2D eigenvalue weighted by Crippen LogP contribution is 2.21. The van der Waals surface area contributed by atoms with Gasteiger partial charge in [-0.15, -0.1) is 0 Å². The largest absolute Gasteiger partial charge is 0.395 e. The summed E-state index contributed by atoms with van der Waals surface area (Å²) in [6.45, 7) is 2.63. The number of ether oxygens (including phenoxy) is 1. The van der Waals surface area contributed by atoms with Gasteiger partial charge in [0.2, 0.25) is 0 Å². The molecule has 0 bridgehead atoms. The van der Waals surface area contributed by atoms with E-state index < -0.39 is 0 Å². The summed E-state index contributed by atoms with van der Waals surface area (Å²) >= 11 is 3.41. The van der Waals surface area contributed by atoms with Gasteiger partial charge in [-0.05, 0) is 23.8 Å². The maximum Gasteiger partial charge on any atom is 0.123 e. The van der Waals surface area contributed by atoms with Gasteiger partial charge in [-0.2, -0.15) is 0 Å². The monoisotopic (exact) mass is 303 g/mol. The van der Waals surface area contributed by atoms with Gasteiger partial charge >= 0.3 is 0 Å². The summed E-state index contributed by atoms with van der Waals surface area (Å²) in [7, 11) is 0. The smallest absolute Gasteiger partial charge is 0.123 e. The molecule has 1 aliphatic heterocycles. The summed E-state index contributed by atoms with van der Waals surface area (Å²) in [6, 6.07) is 4.66. The standard InChI is InChI=1S/C12H15BrFNO2/c13-12-2-1-10(14)5-9(12)6-15-3-4-17-8-11(15)7-16/h1-2,5,11,16H,3-4,6-8H2. The van der Waals surface area contributed by atoms with Crippen LogP contribution in [0.4, 0.5) is 4.39 Å². The first-order valence-electron chi connectivity index (χ1n) is 5.57. The van der Waals surface area contributed by atoms with Crippen molar-refractivity contribution in [3.8, 4) is 0 Å². The lowest BCUT2D eigenvalue weighted by Crippen LogP contribution is -2.46. The number of benzene rings is 1. The maximum atomic E-state index is 13.2. The van der Waals surface area contributed by atoms with Gasteiger partial charge in [0.05, 0.1) is 25.9 Å². The van der Waals surface area contributed by atoms with Crippen molar-refractivity contribution in [3.05, 3.63) is 34.1 Å². The van der Waals surface area contributed by atoms with Crippen molar-refractivity contribution in [1.82, 2.24) is 4.90 Å². The average molecular weight is 304 g/mol. The van der Waals surface area contributed by atoms with Crippen LogP contribution in [0.1, 0.15) is 5.56 Å². The summed E-state index contributed by atoms with van der Waals surface area (Å²) in [6.07, 6.45) is 0. The average Bonchev–Trinajstić information content (AvgIpc) is 2.34. The van der Waals surface area contributed by atoms with Gasteiger partial charge in [0.25, 0.3) is 0 Å². The normalized spacial score (nSPS) is 21.7. The summed E-state index contributed by atoms with van der Waals surface area (Å²) in [4.78, 5) is 2.11. The highest BCUT2D eigenvalue weighted by molar-refractivity contribution is 9.10. The zero-order valence-corrected chi connectivity index (χ0v) is 11.0. The SMILES string of the molecule is OCC1COCCN1Cc1cc(F)ccc1Br. The molecule has 1 unspecified atom stereocenters. The van der Waals surface area contributed by atoms with Crippen LogP contribution in [0.3, 0.4) is 0 Å². The van der Waals surface area contributed by atoms with Gasteiger partial charge in [-0.25, -0.2) is 4.39 Å². The number of aliphatic hydroxyl groups is 1. The van der Waals surface area contributed by atoms with Crippen molar-refractivity contribution in [2.24, 2.45) is 0 Å². The van der Waals surface area contributed by atoms with E-state index in [1.54, 1.807) is 6.07 Å². The first-order valence-corrected chi connectivity index (χ1v) is 6.36. The summed E-state index contributed by atoms with van der Waals surface area (Å²) in [5.41, 5.74) is 0.894. The van der Waals surface area contributed by atoms with Crippen molar-refractivity contribution < 1.29 is 14.2 Å². The number of rotatable bonds is 3. The van der Waals surface area contributed by atoms with E-state index in [0.29, 0.717) is 19.8 Å².